The van der Waals surface area contributed by atoms with E-state index in [1.807, 2.05) is 13.8 Å². The van der Waals surface area contributed by atoms with Crippen LogP contribution in [0.5, 0.6) is 0 Å². The minimum atomic E-state index is -1.17. The number of hydrogen-bond donors (Lipinski definition) is 2. The highest BCUT2D eigenvalue weighted by Gasteiger charge is 2.05. The van der Waals surface area contributed by atoms with Crippen LogP contribution in [0, 0.1) is 13.8 Å². The van der Waals surface area contributed by atoms with Crippen LogP contribution in [0.15, 0.2) is 24.3 Å². The van der Waals surface area contributed by atoms with Crippen molar-refractivity contribution in [3.05, 3.63) is 35.5 Å². The standard InChI is InChI=1S/C11H13N.C2H6O2.C2H6/c1-8-9(2)12(3)11-7-5-4-6-10(8)11;1-2(3)4;1-2/h4-7H,1-3H3;2-4H,1H3;1-2H3. The predicted molar refractivity (Wildman–Crippen MR) is 77.6 cm³/mol. The molecule has 0 aliphatic carbocycles. The molecule has 0 saturated heterocycles. The zero-order chi connectivity index (χ0) is 14.3. The van der Waals surface area contributed by atoms with Crippen molar-refractivity contribution in [2.75, 3.05) is 0 Å². The predicted octanol–water partition coefficient (Wildman–Crippen LogP) is 3.14. The Kier molecular flexibility index (Phi) is 7.32. The zero-order valence-electron chi connectivity index (χ0n) is 12.2. The summed E-state index contributed by atoms with van der Waals surface area (Å²) in [4.78, 5) is 0. The van der Waals surface area contributed by atoms with Crippen LogP contribution in [-0.2, 0) is 7.05 Å². The summed E-state index contributed by atoms with van der Waals surface area (Å²) in [6, 6.07) is 8.52. The molecule has 1 aromatic heterocycles. The average Bonchev–Trinajstić information content (AvgIpc) is 2.57. The van der Waals surface area contributed by atoms with Gasteiger partial charge in [-0.2, -0.15) is 0 Å². The van der Waals surface area contributed by atoms with E-state index in [9.17, 15) is 0 Å². The molecule has 2 aromatic rings. The molecule has 102 valence electrons. The van der Waals surface area contributed by atoms with Crippen LogP contribution >= 0.6 is 0 Å². The van der Waals surface area contributed by atoms with Crippen LogP contribution < -0.4 is 0 Å². The van der Waals surface area contributed by atoms with Crippen LogP contribution in [0.2, 0.25) is 0 Å². The van der Waals surface area contributed by atoms with Crippen molar-refractivity contribution >= 4 is 10.9 Å². The Bertz CT molecular complexity index is 431. The van der Waals surface area contributed by atoms with E-state index in [0.717, 1.165) is 0 Å². The molecule has 2 N–H and O–H groups in total. The number of fused-ring (bicyclic) bond motifs is 1. The third kappa shape index (κ3) is 4.17. The fourth-order valence-electron chi connectivity index (χ4n) is 1.71. The number of aromatic nitrogens is 1. The second-order valence-electron chi connectivity index (χ2n) is 3.92. The smallest absolute Gasteiger partial charge is 0.148 e. The van der Waals surface area contributed by atoms with Gasteiger partial charge in [-0.1, -0.05) is 32.0 Å². The maximum Gasteiger partial charge on any atom is 0.148 e. The zero-order valence-corrected chi connectivity index (χ0v) is 12.2. The van der Waals surface area contributed by atoms with Gasteiger partial charge in [-0.15, -0.1) is 0 Å². The quantitative estimate of drug-likeness (QED) is 0.707. The number of aliphatic hydroxyl groups excluding tert-OH is 1. The number of rotatable bonds is 0. The van der Waals surface area contributed by atoms with Crippen molar-refractivity contribution in [3.63, 3.8) is 0 Å². The molecule has 0 unspecified atom stereocenters. The SMILES string of the molecule is CC.CC(O)O.Cc1c(C)n(C)c2ccccc12. The Hall–Kier alpha value is -1.32. The van der Waals surface area contributed by atoms with E-state index in [1.165, 1.54) is 29.1 Å². The van der Waals surface area contributed by atoms with Gasteiger partial charge in [0.05, 0.1) is 0 Å². The lowest BCUT2D eigenvalue weighted by atomic mass is 10.2. The first-order chi connectivity index (χ1) is 8.45. The van der Waals surface area contributed by atoms with Crippen molar-refractivity contribution in [1.82, 2.24) is 4.57 Å². The summed E-state index contributed by atoms with van der Waals surface area (Å²) in [7, 11) is 2.12. The Morgan fingerprint density at radius 3 is 1.94 bits per heavy atom. The molecular formula is C15H25NO2. The molecule has 0 amide bonds. The van der Waals surface area contributed by atoms with E-state index in [2.05, 4.69) is 49.7 Å². The molecule has 0 fully saturated rings. The van der Waals surface area contributed by atoms with Gasteiger partial charge >= 0.3 is 0 Å². The Labute approximate surface area is 110 Å². The van der Waals surface area contributed by atoms with Crippen LogP contribution in [0.4, 0.5) is 0 Å². The van der Waals surface area contributed by atoms with Crippen molar-refractivity contribution in [2.45, 2.75) is 40.9 Å². The summed E-state index contributed by atoms with van der Waals surface area (Å²) < 4.78 is 2.24. The molecule has 1 aromatic carbocycles. The molecule has 0 radical (unpaired) electrons. The fourth-order valence-corrected chi connectivity index (χ4v) is 1.71. The number of para-hydroxylation sites is 1. The molecule has 3 heteroatoms. The highest BCUT2D eigenvalue weighted by Crippen LogP contribution is 2.22. The minimum absolute atomic E-state index is 1.17. The summed E-state index contributed by atoms with van der Waals surface area (Å²) in [5, 5.41) is 16.6. The largest absolute Gasteiger partial charge is 0.368 e. The molecule has 18 heavy (non-hydrogen) atoms. The molecule has 0 atom stereocenters. The lowest BCUT2D eigenvalue weighted by Gasteiger charge is -1.96. The number of aliphatic hydroxyl groups is 2. The van der Waals surface area contributed by atoms with Crippen LogP contribution in [0.25, 0.3) is 10.9 Å². The monoisotopic (exact) mass is 251 g/mol. The summed E-state index contributed by atoms with van der Waals surface area (Å²) >= 11 is 0. The number of hydrogen-bond acceptors (Lipinski definition) is 2. The number of aryl methyl sites for hydroxylation is 2. The molecule has 0 bridgehead atoms. The van der Waals surface area contributed by atoms with Crippen molar-refractivity contribution < 1.29 is 10.2 Å². The van der Waals surface area contributed by atoms with E-state index in [-0.39, 0.29) is 0 Å². The van der Waals surface area contributed by atoms with E-state index >= 15 is 0 Å². The molecule has 0 aliphatic heterocycles. The minimum Gasteiger partial charge on any atom is -0.368 e. The molecule has 0 spiro atoms. The van der Waals surface area contributed by atoms with Gasteiger partial charge in [-0.25, -0.2) is 0 Å². The Morgan fingerprint density at radius 1 is 1.06 bits per heavy atom. The van der Waals surface area contributed by atoms with Crippen LogP contribution in [0.1, 0.15) is 32.0 Å². The van der Waals surface area contributed by atoms with Gasteiger partial charge in [0.2, 0.25) is 0 Å². The van der Waals surface area contributed by atoms with Gasteiger partial charge < -0.3 is 14.8 Å². The molecule has 3 nitrogen and oxygen atoms in total. The van der Waals surface area contributed by atoms with Crippen molar-refractivity contribution in [2.24, 2.45) is 7.05 Å². The van der Waals surface area contributed by atoms with Gasteiger partial charge in [-0.3, -0.25) is 0 Å². The summed E-state index contributed by atoms with van der Waals surface area (Å²) in [5.74, 6) is 0. The normalized spacial score (nSPS) is 9.61. The second kappa shape index (κ2) is 7.90. The van der Waals surface area contributed by atoms with Crippen LogP contribution in [-0.4, -0.2) is 21.1 Å². The highest BCUT2D eigenvalue weighted by atomic mass is 16.5. The lowest BCUT2D eigenvalue weighted by molar-refractivity contribution is -0.0228. The molecule has 1 heterocycles. The van der Waals surface area contributed by atoms with Gasteiger partial charge in [0.15, 0.2) is 0 Å². The summed E-state index contributed by atoms with van der Waals surface area (Å²) in [5.41, 5.74) is 4.08. The third-order valence-corrected chi connectivity index (χ3v) is 2.72. The van der Waals surface area contributed by atoms with Gasteiger partial charge in [0.25, 0.3) is 0 Å². The molecule has 0 saturated carbocycles. The van der Waals surface area contributed by atoms with E-state index in [1.54, 1.807) is 0 Å². The average molecular weight is 251 g/mol. The molecule has 2 rings (SSSR count). The van der Waals surface area contributed by atoms with Gasteiger partial charge in [0.1, 0.15) is 6.29 Å². The topological polar surface area (TPSA) is 45.4 Å². The number of nitrogens with zero attached hydrogens (tertiary/aromatic N) is 1. The summed E-state index contributed by atoms with van der Waals surface area (Å²) in [6.45, 7) is 9.62. The third-order valence-electron chi connectivity index (χ3n) is 2.72. The first-order valence-electron chi connectivity index (χ1n) is 6.32. The van der Waals surface area contributed by atoms with Gasteiger partial charge in [0, 0.05) is 23.6 Å². The maximum atomic E-state index is 7.61. The Morgan fingerprint density at radius 2 is 1.50 bits per heavy atom. The Balaban J connectivity index is 0.000000415. The fraction of sp³-hybridized carbons (Fsp3) is 0.467. The highest BCUT2D eigenvalue weighted by molar-refractivity contribution is 5.85. The first kappa shape index (κ1) is 16.7. The van der Waals surface area contributed by atoms with E-state index in [0.29, 0.717) is 0 Å². The lowest BCUT2D eigenvalue weighted by Crippen LogP contribution is -1.92. The van der Waals surface area contributed by atoms with E-state index in [4.69, 9.17) is 10.2 Å². The summed E-state index contributed by atoms with van der Waals surface area (Å²) in [6.07, 6.45) is -1.17. The van der Waals surface area contributed by atoms with Crippen LogP contribution in [0.3, 0.4) is 0 Å². The molecule has 0 aliphatic rings. The van der Waals surface area contributed by atoms with Gasteiger partial charge in [-0.05, 0) is 32.4 Å². The second-order valence-corrected chi connectivity index (χ2v) is 3.92. The molecular weight excluding hydrogens is 226 g/mol. The maximum absolute atomic E-state index is 7.61. The first-order valence-corrected chi connectivity index (χ1v) is 6.32. The van der Waals surface area contributed by atoms with E-state index < -0.39 is 6.29 Å². The van der Waals surface area contributed by atoms with Crippen molar-refractivity contribution in [1.29, 1.82) is 0 Å². The van der Waals surface area contributed by atoms with Crippen molar-refractivity contribution in [3.8, 4) is 0 Å². The number of benzene rings is 1.